The summed E-state index contributed by atoms with van der Waals surface area (Å²) in [6.07, 6.45) is 2.01. The number of carboxylic acid groups (broad SMARTS) is 1. The van der Waals surface area contributed by atoms with Crippen molar-refractivity contribution >= 4 is 17.6 Å². The van der Waals surface area contributed by atoms with Gasteiger partial charge in [-0.25, -0.2) is 4.79 Å². The Balaban J connectivity index is 1.61. The van der Waals surface area contributed by atoms with Crippen molar-refractivity contribution in [1.29, 1.82) is 0 Å². The predicted octanol–water partition coefficient (Wildman–Crippen LogP) is 1.99. The van der Waals surface area contributed by atoms with Gasteiger partial charge in [-0.1, -0.05) is 18.2 Å². The number of carboxylic acids is 1. The first-order valence-corrected chi connectivity index (χ1v) is 9.44. The SMILES string of the molecule is C[C@@H]1OC=C(C(=O)O)[C@H]2C[C@H]3[C@@]4(CC[N+]3([O-])C[C@H]12)C(=O)Nc1ccccc14. The maximum Gasteiger partial charge on any atom is 0.334 e. The Morgan fingerprint density at radius 2 is 2.19 bits per heavy atom. The van der Waals surface area contributed by atoms with Crippen molar-refractivity contribution in [3.8, 4) is 0 Å². The number of hydroxylamine groups is 3. The van der Waals surface area contributed by atoms with Crippen molar-refractivity contribution < 1.29 is 24.1 Å². The van der Waals surface area contributed by atoms with E-state index in [-0.39, 0.29) is 36.0 Å². The van der Waals surface area contributed by atoms with Gasteiger partial charge in [0.05, 0.1) is 30.8 Å². The molecule has 2 saturated heterocycles. The number of benzene rings is 1. The number of carbonyl (C=O) groups excluding carboxylic acids is 1. The number of hydrogen-bond donors (Lipinski definition) is 2. The molecule has 4 aliphatic heterocycles. The zero-order chi connectivity index (χ0) is 19.0. The summed E-state index contributed by atoms with van der Waals surface area (Å²) in [6, 6.07) is 7.08. The van der Waals surface area contributed by atoms with Crippen molar-refractivity contribution in [2.45, 2.75) is 37.3 Å². The molecule has 1 aromatic rings. The molecule has 6 atom stereocenters. The largest absolute Gasteiger partial charge is 0.633 e. The van der Waals surface area contributed by atoms with Crippen LogP contribution in [0.1, 0.15) is 25.3 Å². The lowest BCUT2D eigenvalue weighted by molar-refractivity contribution is -0.905. The Bertz CT molecular complexity index is 883. The zero-order valence-electron chi connectivity index (χ0n) is 15.1. The van der Waals surface area contributed by atoms with Gasteiger partial charge in [-0.05, 0) is 18.6 Å². The van der Waals surface area contributed by atoms with Gasteiger partial charge < -0.3 is 25.0 Å². The Hall–Kier alpha value is -2.38. The van der Waals surface area contributed by atoms with Crippen LogP contribution in [0.25, 0.3) is 0 Å². The second kappa shape index (κ2) is 5.33. The molecule has 0 aromatic heterocycles. The van der Waals surface area contributed by atoms with E-state index in [1.54, 1.807) is 0 Å². The second-order valence-corrected chi connectivity index (χ2v) is 8.32. The quantitative estimate of drug-likeness (QED) is 0.582. The molecule has 7 nitrogen and oxygen atoms in total. The van der Waals surface area contributed by atoms with Crippen LogP contribution in [-0.2, 0) is 19.7 Å². The number of piperidine rings is 1. The molecule has 2 N–H and O–H groups in total. The van der Waals surface area contributed by atoms with Crippen molar-refractivity contribution in [1.82, 2.24) is 0 Å². The molecule has 4 heterocycles. The molecular formula is C20H22N2O5. The number of anilines is 1. The molecular weight excluding hydrogens is 348 g/mol. The van der Waals surface area contributed by atoms with Crippen LogP contribution in [0.5, 0.6) is 0 Å². The van der Waals surface area contributed by atoms with Gasteiger partial charge in [0.25, 0.3) is 0 Å². The van der Waals surface area contributed by atoms with Crippen LogP contribution in [-0.4, -0.2) is 46.9 Å². The number of aliphatic carboxylic acids is 1. The van der Waals surface area contributed by atoms with Gasteiger partial charge in [0.15, 0.2) is 0 Å². The van der Waals surface area contributed by atoms with Gasteiger partial charge in [0.1, 0.15) is 17.6 Å². The minimum absolute atomic E-state index is 0.121. The number of para-hydroxylation sites is 1. The summed E-state index contributed by atoms with van der Waals surface area (Å²) in [7, 11) is 0. The highest BCUT2D eigenvalue weighted by atomic mass is 16.6. The normalized spacial score (nSPS) is 41.9. The van der Waals surface area contributed by atoms with Crippen LogP contribution in [0.4, 0.5) is 5.69 Å². The summed E-state index contributed by atoms with van der Waals surface area (Å²) in [5.41, 5.74) is 1.01. The van der Waals surface area contributed by atoms with Gasteiger partial charge in [-0.2, -0.15) is 0 Å². The van der Waals surface area contributed by atoms with E-state index in [0.29, 0.717) is 19.4 Å². The summed E-state index contributed by atoms with van der Waals surface area (Å²) in [4.78, 5) is 24.8. The van der Waals surface area contributed by atoms with E-state index in [1.807, 2.05) is 31.2 Å². The molecule has 2 fully saturated rings. The van der Waals surface area contributed by atoms with E-state index in [9.17, 15) is 19.9 Å². The van der Waals surface area contributed by atoms with Crippen LogP contribution >= 0.6 is 0 Å². The summed E-state index contributed by atoms with van der Waals surface area (Å²) in [5.74, 6) is -1.55. The van der Waals surface area contributed by atoms with E-state index < -0.39 is 22.1 Å². The highest BCUT2D eigenvalue weighted by Gasteiger charge is 2.66. The lowest BCUT2D eigenvalue weighted by Crippen LogP contribution is -2.63. The van der Waals surface area contributed by atoms with Crippen molar-refractivity contribution in [3.05, 3.63) is 46.9 Å². The fourth-order valence-electron chi connectivity index (χ4n) is 5.93. The molecule has 1 spiro atoms. The number of hydrogen-bond acceptors (Lipinski definition) is 4. The molecule has 1 aromatic carbocycles. The molecule has 1 amide bonds. The third-order valence-corrected chi connectivity index (χ3v) is 7.26. The van der Waals surface area contributed by atoms with E-state index in [2.05, 4.69) is 5.32 Å². The van der Waals surface area contributed by atoms with Gasteiger partial charge >= 0.3 is 5.97 Å². The van der Waals surface area contributed by atoms with Crippen LogP contribution in [0.3, 0.4) is 0 Å². The van der Waals surface area contributed by atoms with Gasteiger partial charge in [-0.15, -0.1) is 0 Å². The third kappa shape index (κ3) is 2.04. The first-order chi connectivity index (χ1) is 12.9. The minimum atomic E-state index is -1.01. The van der Waals surface area contributed by atoms with Crippen molar-refractivity contribution in [2.75, 3.05) is 18.4 Å². The summed E-state index contributed by atoms with van der Waals surface area (Å²) in [6.45, 7) is 2.55. The Labute approximate surface area is 156 Å². The standard InChI is InChI=1S/C20H22N2O5/c1-11-13-9-22(26)7-6-20(15-4-2-3-5-16(15)21-19(20)25)17(22)8-12(13)14(10-27-11)18(23)24/h2-5,10-13,17H,6-9H2,1H3,(H,21,25)(H,23,24)/t11-,12-,13+,17-,20-,22?/m0/s1. The number of nitrogens with zero attached hydrogens (tertiary/aromatic N) is 1. The summed E-state index contributed by atoms with van der Waals surface area (Å²) < 4.78 is 5.10. The first-order valence-electron chi connectivity index (χ1n) is 9.44. The van der Waals surface area contributed by atoms with Crippen LogP contribution < -0.4 is 5.32 Å². The predicted molar refractivity (Wildman–Crippen MR) is 96.4 cm³/mol. The lowest BCUT2D eigenvalue weighted by Gasteiger charge is -2.56. The van der Waals surface area contributed by atoms with E-state index in [0.717, 1.165) is 11.3 Å². The molecule has 0 bridgehead atoms. The van der Waals surface area contributed by atoms with Crippen LogP contribution in [0.15, 0.2) is 36.1 Å². The third-order valence-electron chi connectivity index (χ3n) is 7.26. The molecule has 142 valence electrons. The summed E-state index contributed by atoms with van der Waals surface area (Å²) in [5, 5.41) is 26.4. The number of rotatable bonds is 1. The Morgan fingerprint density at radius 3 is 2.96 bits per heavy atom. The Kier molecular flexibility index (Phi) is 3.31. The maximum absolute atomic E-state index is 13.8. The minimum Gasteiger partial charge on any atom is -0.633 e. The Morgan fingerprint density at radius 1 is 1.41 bits per heavy atom. The number of nitrogens with one attached hydrogen (secondary N) is 1. The van der Waals surface area contributed by atoms with Crippen molar-refractivity contribution in [3.63, 3.8) is 0 Å². The average Bonchev–Trinajstić information content (AvgIpc) is 3.10. The van der Waals surface area contributed by atoms with Crippen LogP contribution in [0, 0.1) is 17.0 Å². The lowest BCUT2D eigenvalue weighted by atomic mass is 9.66. The van der Waals surface area contributed by atoms with Gasteiger partial charge in [0, 0.05) is 24.4 Å². The molecule has 0 radical (unpaired) electrons. The average molecular weight is 370 g/mol. The van der Waals surface area contributed by atoms with Crippen molar-refractivity contribution in [2.24, 2.45) is 11.8 Å². The molecule has 27 heavy (non-hydrogen) atoms. The zero-order valence-corrected chi connectivity index (χ0v) is 15.1. The van der Waals surface area contributed by atoms with Gasteiger partial charge in [-0.3, -0.25) is 4.79 Å². The number of amides is 1. The smallest absolute Gasteiger partial charge is 0.334 e. The number of fused-ring (bicyclic) bond motifs is 5. The van der Waals surface area contributed by atoms with E-state index in [4.69, 9.17) is 4.74 Å². The van der Waals surface area contributed by atoms with Crippen LogP contribution in [0.2, 0.25) is 0 Å². The molecule has 0 aliphatic carbocycles. The second-order valence-electron chi connectivity index (χ2n) is 8.32. The molecule has 5 rings (SSSR count). The monoisotopic (exact) mass is 370 g/mol. The van der Waals surface area contributed by atoms with Gasteiger partial charge in [0.2, 0.25) is 5.91 Å². The van der Waals surface area contributed by atoms with E-state index >= 15 is 0 Å². The number of carbonyl (C=O) groups is 2. The summed E-state index contributed by atoms with van der Waals surface area (Å²) >= 11 is 0. The first kappa shape index (κ1) is 16.8. The maximum atomic E-state index is 13.8. The topological polar surface area (TPSA) is 98.7 Å². The fraction of sp³-hybridized carbons (Fsp3) is 0.500. The number of quaternary nitrogens is 1. The molecule has 7 heteroatoms. The molecule has 1 unspecified atom stereocenters. The fourth-order valence-corrected chi connectivity index (χ4v) is 5.93. The molecule has 4 aliphatic rings. The molecule has 0 saturated carbocycles. The highest BCUT2D eigenvalue weighted by molar-refractivity contribution is 6.07. The number of ether oxygens (including phenoxy) is 1. The van der Waals surface area contributed by atoms with E-state index in [1.165, 1.54) is 6.26 Å². The highest BCUT2D eigenvalue weighted by Crippen LogP contribution is 2.56.